The summed E-state index contributed by atoms with van der Waals surface area (Å²) < 4.78 is 6.39. The van der Waals surface area contributed by atoms with Gasteiger partial charge in [0.05, 0.1) is 11.8 Å². The van der Waals surface area contributed by atoms with E-state index in [2.05, 4.69) is 41.5 Å². The molecule has 4 heteroatoms. The van der Waals surface area contributed by atoms with Crippen LogP contribution in [0.5, 0.6) is 0 Å². The average Bonchev–Trinajstić information content (AvgIpc) is 3.03. The van der Waals surface area contributed by atoms with Crippen LogP contribution >= 0.6 is 0 Å². The van der Waals surface area contributed by atoms with Crippen molar-refractivity contribution in [3.8, 4) is 0 Å². The van der Waals surface area contributed by atoms with Gasteiger partial charge in [0.25, 0.3) is 0 Å². The number of esters is 1. The third-order valence-electron chi connectivity index (χ3n) is 10.3. The van der Waals surface area contributed by atoms with Crippen molar-refractivity contribution < 1.29 is 19.4 Å². The number of carbonyl (C=O) groups excluding carboxylic acids is 1. The van der Waals surface area contributed by atoms with Crippen molar-refractivity contribution in [2.45, 2.75) is 99.0 Å². The first-order chi connectivity index (χ1) is 12.8. The third-order valence-corrected chi connectivity index (χ3v) is 10.3. The van der Waals surface area contributed by atoms with Gasteiger partial charge in [-0.1, -0.05) is 48.0 Å². The Bertz CT molecular complexity index is 713. The fourth-order valence-corrected chi connectivity index (χ4v) is 7.78. The molecule has 7 atom stereocenters. The van der Waals surface area contributed by atoms with Crippen molar-refractivity contribution >= 4 is 11.9 Å². The van der Waals surface area contributed by atoms with Crippen molar-refractivity contribution in [2.75, 3.05) is 0 Å². The van der Waals surface area contributed by atoms with Crippen LogP contribution in [0.1, 0.15) is 92.9 Å². The molecule has 4 nitrogen and oxygen atoms in total. The van der Waals surface area contributed by atoms with Gasteiger partial charge in [0, 0.05) is 11.3 Å². The number of rotatable bonds is 5. The Morgan fingerprint density at radius 2 is 1.86 bits per heavy atom. The summed E-state index contributed by atoms with van der Waals surface area (Å²) in [7, 11) is 0. The summed E-state index contributed by atoms with van der Waals surface area (Å²) in [6.45, 7) is 13.6. The Hall–Kier alpha value is -1.06. The molecule has 1 aliphatic heterocycles. The van der Waals surface area contributed by atoms with E-state index in [0.29, 0.717) is 5.92 Å². The molecule has 158 valence electrons. The van der Waals surface area contributed by atoms with Gasteiger partial charge in [0.2, 0.25) is 0 Å². The number of aliphatic carboxylic acids is 1. The highest BCUT2D eigenvalue weighted by atomic mass is 16.5. The third kappa shape index (κ3) is 2.41. The van der Waals surface area contributed by atoms with Crippen LogP contribution in [0.3, 0.4) is 0 Å². The molecule has 0 amide bonds. The topological polar surface area (TPSA) is 63.6 Å². The average molecular weight is 391 g/mol. The molecule has 0 aromatic rings. The molecule has 3 aliphatic carbocycles. The van der Waals surface area contributed by atoms with E-state index in [-0.39, 0.29) is 51.5 Å². The van der Waals surface area contributed by atoms with Crippen LogP contribution in [0.25, 0.3) is 0 Å². The van der Waals surface area contributed by atoms with E-state index in [1.54, 1.807) is 0 Å². The Morgan fingerprint density at radius 1 is 1.18 bits per heavy atom. The van der Waals surface area contributed by atoms with E-state index in [9.17, 15) is 14.7 Å². The summed E-state index contributed by atoms with van der Waals surface area (Å²) in [5.41, 5.74) is -0.266. The highest BCUT2D eigenvalue weighted by Crippen LogP contribution is 2.77. The maximum absolute atomic E-state index is 13.7. The van der Waals surface area contributed by atoms with Crippen LogP contribution in [0.4, 0.5) is 0 Å². The SMILES string of the molecule is CCC(C)(C)CC12CC1(C)CCC1(C)C3CCC1(C)C(OC2=O)C3CC(=O)O. The van der Waals surface area contributed by atoms with Gasteiger partial charge < -0.3 is 9.84 Å². The number of carboxylic acid groups (broad SMARTS) is 1. The molecule has 0 radical (unpaired) electrons. The summed E-state index contributed by atoms with van der Waals surface area (Å²) in [6, 6.07) is 0. The van der Waals surface area contributed by atoms with Crippen molar-refractivity contribution in [3.63, 3.8) is 0 Å². The van der Waals surface area contributed by atoms with Crippen LogP contribution in [0.2, 0.25) is 0 Å². The summed E-state index contributed by atoms with van der Waals surface area (Å²) in [5, 5.41) is 9.55. The van der Waals surface area contributed by atoms with Crippen LogP contribution < -0.4 is 0 Å². The lowest BCUT2D eigenvalue weighted by atomic mass is 9.65. The van der Waals surface area contributed by atoms with Crippen molar-refractivity contribution in [1.29, 1.82) is 0 Å². The van der Waals surface area contributed by atoms with Gasteiger partial charge in [-0.25, -0.2) is 0 Å². The van der Waals surface area contributed by atoms with Gasteiger partial charge in [-0.05, 0) is 60.7 Å². The Kier molecular flexibility index (Phi) is 4.16. The van der Waals surface area contributed by atoms with Gasteiger partial charge in [0.1, 0.15) is 6.10 Å². The minimum Gasteiger partial charge on any atom is -0.481 e. The molecule has 1 heterocycles. The lowest BCUT2D eigenvalue weighted by molar-refractivity contribution is -0.171. The summed E-state index contributed by atoms with van der Waals surface area (Å²) >= 11 is 0. The summed E-state index contributed by atoms with van der Waals surface area (Å²) in [4.78, 5) is 25.3. The molecule has 7 unspecified atom stereocenters. The maximum Gasteiger partial charge on any atom is 0.312 e. The molecule has 3 saturated carbocycles. The molecule has 0 aromatic heterocycles. The molecule has 4 fully saturated rings. The standard InChI is InChI=1S/C24H38O4/c1-7-20(2,3)13-24-14-21(24,4)10-11-22(5)16-8-9-23(22,6)18(28-19(24)27)15(16)12-17(25)26/h15-16,18H,7-14H2,1-6H3,(H,25,26). The lowest BCUT2D eigenvalue weighted by Crippen LogP contribution is -2.43. The zero-order chi connectivity index (χ0) is 20.8. The quantitative estimate of drug-likeness (QED) is 0.635. The molecule has 0 aromatic carbocycles. The zero-order valence-electron chi connectivity index (χ0n) is 18.6. The second kappa shape index (κ2) is 5.76. The van der Waals surface area contributed by atoms with E-state index in [1.165, 1.54) is 0 Å². The van der Waals surface area contributed by atoms with Crippen LogP contribution in [0, 0.1) is 38.9 Å². The lowest BCUT2D eigenvalue weighted by Gasteiger charge is -2.41. The summed E-state index contributed by atoms with van der Waals surface area (Å²) in [6.07, 6.45) is 6.98. The number of hydrogen-bond donors (Lipinski definition) is 1. The fraction of sp³-hybridized carbons (Fsp3) is 0.917. The maximum atomic E-state index is 13.7. The van der Waals surface area contributed by atoms with E-state index in [0.717, 1.165) is 44.9 Å². The van der Waals surface area contributed by atoms with E-state index in [1.807, 2.05) is 0 Å². The first-order valence-corrected chi connectivity index (χ1v) is 11.3. The van der Waals surface area contributed by atoms with Crippen molar-refractivity contribution in [1.82, 2.24) is 0 Å². The predicted molar refractivity (Wildman–Crippen MR) is 108 cm³/mol. The summed E-state index contributed by atoms with van der Waals surface area (Å²) in [5.74, 6) is -0.479. The second-order valence-electron chi connectivity index (χ2n) is 12.1. The van der Waals surface area contributed by atoms with Gasteiger partial charge in [0.15, 0.2) is 0 Å². The number of carbonyl (C=O) groups is 2. The van der Waals surface area contributed by atoms with Gasteiger partial charge in [-0.3, -0.25) is 9.59 Å². The molecular formula is C24H38O4. The largest absolute Gasteiger partial charge is 0.481 e. The number of ether oxygens (including phenoxy) is 1. The second-order valence-corrected chi connectivity index (χ2v) is 12.1. The first-order valence-electron chi connectivity index (χ1n) is 11.3. The van der Waals surface area contributed by atoms with Gasteiger partial charge in [-0.15, -0.1) is 0 Å². The Balaban J connectivity index is 1.73. The normalized spacial score (nSPS) is 49.6. The molecule has 4 bridgehead atoms. The first kappa shape index (κ1) is 20.2. The molecular weight excluding hydrogens is 352 g/mol. The highest BCUT2D eigenvalue weighted by molar-refractivity contribution is 5.82. The van der Waals surface area contributed by atoms with E-state index < -0.39 is 5.97 Å². The number of carboxylic acids is 1. The van der Waals surface area contributed by atoms with Gasteiger partial charge in [-0.2, -0.15) is 0 Å². The van der Waals surface area contributed by atoms with E-state index >= 15 is 0 Å². The van der Waals surface area contributed by atoms with Gasteiger partial charge >= 0.3 is 11.9 Å². The molecule has 4 rings (SSSR count). The van der Waals surface area contributed by atoms with Crippen LogP contribution in [-0.2, 0) is 14.3 Å². The molecule has 0 spiro atoms. The predicted octanol–water partition coefficient (Wildman–Crippen LogP) is 5.44. The molecule has 1 saturated heterocycles. The zero-order valence-corrected chi connectivity index (χ0v) is 18.6. The monoisotopic (exact) mass is 390 g/mol. The minimum atomic E-state index is -0.764. The number of fused-ring (bicyclic) bond motifs is 1. The number of hydrogen-bond acceptors (Lipinski definition) is 3. The molecule has 4 aliphatic rings. The fourth-order valence-electron chi connectivity index (χ4n) is 7.78. The van der Waals surface area contributed by atoms with Crippen LogP contribution in [0.15, 0.2) is 0 Å². The van der Waals surface area contributed by atoms with Crippen LogP contribution in [-0.4, -0.2) is 23.1 Å². The highest BCUT2D eigenvalue weighted by Gasteiger charge is 2.76. The van der Waals surface area contributed by atoms with Crippen molar-refractivity contribution in [2.24, 2.45) is 38.9 Å². The molecule has 28 heavy (non-hydrogen) atoms. The molecule has 1 N–H and O–H groups in total. The van der Waals surface area contributed by atoms with E-state index in [4.69, 9.17) is 4.74 Å². The smallest absolute Gasteiger partial charge is 0.312 e. The van der Waals surface area contributed by atoms with Crippen molar-refractivity contribution in [3.05, 3.63) is 0 Å². The Labute approximate surface area is 169 Å². The minimum absolute atomic E-state index is 0.0299. The Morgan fingerprint density at radius 3 is 2.46 bits per heavy atom.